The lowest BCUT2D eigenvalue weighted by atomic mass is 10.1. The minimum atomic E-state index is -0.657. The molecule has 0 bridgehead atoms. The second-order valence-corrected chi connectivity index (χ2v) is 4.78. The van der Waals surface area contributed by atoms with Crippen LogP contribution in [0.4, 0.5) is 0 Å². The molecule has 1 aliphatic heterocycles. The molecule has 0 radical (unpaired) electrons. The van der Waals surface area contributed by atoms with Crippen LogP contribution in [0.1, 0.15) is 25.0 Å². The van der Waals surface area contributed by atoms with Gasteiger partial charge in [0.15, 0.2) is 0 Å². The molecular weight excluding hydrogens is 270 g/mol. The first kappa shape index (κ1) is 15.1. The van der Waals surface area contributed by atoms with Crippen molar-refractivity contribution in [1.29, 1.82) is 0 Å². The molecule has 0 aromatic heterocycles. The van der Waals surface area contributed by atoms with Crippen LogP contribution in [0.25, 0.3) is 6.08 Å². The van der Waals surface area contributed by atoms with E-state index in [4.69, 9.17) is 9.47 Å². The maximum absolute atomic E-state index is 11.7. The number of hydrogen-bond acceptors (Lipinski definition) is 4. The van der Waals surface area contributed by atoms with Gasteiger partial charge in [0, 0.05) is 12.5 Å². The molecule has 1 amide bonds. The van der Waals surface area contributed by atoms with Crippen LogP contribution in [0.5, 0.6) is 5.75 Å². The zero-order valence-electron chi connectivity index (χ0n) is 12.2. The van der Waals surface area contributed by atoms with Gasteiger partial charge in [-0.3, -0.25) is 4.79 Å². The topological polar surface area (TPSA) is 64.6 Å². The van der Waals surface area contributed by atoms with Crippen molar-refractivity contribution in [2.45, 2.75) is 26.3 Å². The van der Waals surface area contributed by atoms with E-state index in [1.807, 2.05) is 18.2 Å². The van der Waals surface area contributed by atoms with Gasteiger partial charge in [-0.1, -0.05) is 6.07 Å². The second kappa shape index (κ2) is 6.92. The summed E-state index contributed by atoms with van der Waals surface area (Å²) in [5.74, 6) is 0.147. The van der Waals surface area contributed by atoms with Gasteiger partial charge < -0.3 is 14.8 Å². The number of nitrogens with one attached hydrogen (secondary N) is 1. The highest BCUT2D eigenvalue weighted by Gasteiger charge is 2.15. The van der Waals surface area contributed by atoms with Crippen molar-refractivity contribution in [2.24, 2.45) is 0 Å². The van der Waals surface area contributed by atoms with Gasteiger partial charge in [-0.15, -0.1) is 0 Å². The molecule has 5 heteroatoms. The third-order valence-electron chi connectivity index (χ3n) is 3.14. The first-order valence-electron chi connectivity index (χ1n) is 7.01. The fraction of sp³-hybridized carbons (Fsp3) is 0.375. The summed E-state index contributed by atoms with van der Waals surface area (Å²) < 4.78 is 10.3. The smallest absolute Gasteiger partial charge is 0.328 e. The van der Waals surface area contributed by atoms with Crippen LogP contribution in [0.15, 0.2) is 24.3 Å². The van der Waals surface area contributed by atoms with Gasteiger partial charge >= 0.3 is 5.97 Å². The average Bonchev–Trinajstić information content (AvgIpc) is 2.92. The number of fused-ring (bicyclic) bond motifs is 1. The van der Waals surface area contributed by atoms with E-state index >= 15 is 0 Å². The number of hydrogen-bond donors (Lipinski definition) is 1. The molecule has 0 aliphatic carbocycles. The molecule has 2 rings (SSSR count). The molecule has 0 fully saturated rings. The molecule has 1 aromatic carbocycles. The molecule has 112 valence electrons. The van der Waals surface area contributed by atoms with Crippen LogP contribution < -0.4 is 10.1 Å². The van der Waals surface area contributed by atoms with E-state index in [0.717, 1.165) is 23.3 Å². The predicted octanol–water partition coefficient (Wildman–Crippen LogP) is 1.70. The maximum atomic E-state index is 11.7. The van der Waals surface area contributed by atoms with Gasteiger partial charge in [-0.2, -0.15) is 0 Å². The van der Waals surface area contributed by atoms with Crippen LogP contribution in [-0.2, 0) is 20.7 Å². The summed E-state index contributed by atoms with van der Waals surface area (Å²) in [6.07, 6.45) is 4.02. The molecular formula is C16H19NO4. The van der Waals surface area contributed by atoms with Crippen LogP contribution in [0.3, 0.4) is 0 Å². The SMILES string of the molecule is CCOC(=O)C(C)NC(=O)C=Cc1ccc2c(c1)CCO2. The van der Waals surface area contributed by atoms with Gasteiger partial charge in [0.05, 0.1) is 13.2 Å². The van der Waals surface area contributed by atoms with E-state index in [2.05, 4.69) is 5.32 Å². The van der Waals surface area contributed by atoms with Gasteiger partial charge in [-0.05, 0) is 43.2 Å². The highest BCUT2D eigenvalue weighted by molar-refractivity contribution is 5.94. The molecule has 0 saturated heterocycles. The Labute approximate surface area is 123 Å². The lowest BCUT2D eigenvalue weighted by Crippen LogP contribution is -2.38. The minimum absolute atomic E-state index is 0.298. The van der Waals surface area contributed by atoms with Crippen molar-refractivity contribution in [3.05, 3.63) is 35.4 Å². The highest BCUT2D eigenvalue weighted by Crippen LogP contribution is 2.26. The number of amides is 1. The second-order valence-electron chi connectivity index (χ2n) is 4.78. The lowest BCUT2D eigenvalue weighted by Gasteiger charge is -2.10. The van der Waals surface area contributed by atoms with Crippen molar-refractivity contribution >= 4 is 18.0 Å². The molecule has 0 spiro atoms. The lowest BCUT2D eigenvalue weighted by molar-refractivity contribution is -0.146. The largest absolute Gasteiger partial charge is 0.493 e. The molecule has 1 aromatic rings. The van der Waals surface area contributed by atoms with E-state index in [-0.39, 0.29) is 5.91 Å². The summed E-state index contributed by atoms with van der Waals surface area (Å²) in [4.78, 5) is 23.1. The van der Waals surface area contributed by atoms with E-state index in [9.17, 15) is 9.59 Å². The number of carbonyl (C=O) groups excluding carboxylic acids is 2. The van der Waals surface area contributed by atoms with Crippen molar-refractivity contribution in [2.75, 3.05) is 13.2 Å². The molecule has 1 atom stereocenters. The van der Waals surface area contributed by atoms with Crippen molar-refractivity contribution < 1.29 is 19.1 Å². The van der Waals surface area contributed by atoms with E-state index in [0.29, 0.717) is 13.2 Å². The minimum Gasteiger partial charge on any atom is -0.493 e. The van der Waals surface area contributed by atoms with Crippen molar-refractivity contribution in [3.8, 4) is 5.75 Å². The Morgan fingerprint density at radius 3 is 3.05 bits per heavy atom. The Kier molecular flexibility index (Phi) is 4.98. The Hall–Kier alpha value is -2.30. The molecule has 21 heavy (non-hydrogen) atoms. The van der Waals surface area contributed by atoms with Crippen LogP contribution in [-0.4, -0.2) is 31.1 Å². The van der Waals surface area contributed by atoms with Crippen LogP contribution in [0.2, 0.25) is 0 Å². The third-order valence-corrected chi connectivity index (χ3v) is 3.14. The van der Waals surface area contributed by atoms with E-state index in [1.165, 1.54) is 6.08 Å². The number of carbonyl (C=O) groups is 2. The normalized spacial score (nSPS) is 14.4. The zero-order valence-corrected chi connectivity index (χ0v) is 12.2. The molecule has 1 heterocycles. The Morgan fingerprint density at radius 2 is 2.29 bits per heavy atom. The first-order valence-corrected chi connectivity index (χ1v) is 7.01. The molecule has 1 N–H and O–H groups in total. The van der Waals surface area contributed by atoms with Crippen molar-refractivity contribution in [3.63, 3.8) is 0 Å². The average molecular weight is 289 g/mol. The Bertz CT molecular complexity index is 565. The van der Waals surface area contributed by atoms with Gasteiger partial charge in [0.1, 0.15) is 11.8 Å². The molecule has 1 unspecified atom stereocenters. The highest BCUT2D eigenvalue weighted by atomic mass is 16.5. The van der Waals surface area contributed by atoms with Gasteiger partial charge in [0.2, 0.25) is 5.91 Å². The molecule has 1 aliphatic rings. The number of rotatable bonds is 5. The van der Waals surface area contributed by atoms with Gasteiger partial charge in [0.25, 0.3) is 0 Å². The fourth-order valence-electron chi connectivity index (χ4n) is 2.07. The molecule has 0 saturated carbocycles. The maximum Gasteiger partial charge on any atom is 0.328 e. The van der Waals surface area contributed by atoms with Crippen molar-refractivity contribution in [1.82, 2.24) is 5.32 Å². The van der Waals surface area contributed by atoms with E-state index < -0.39 is 12.0 Å². The summed E-state index contributed by atoms with van der Waals surface area (Å²) in [5.41, 5.74) is 2.08. The Morgan fingerprint density at radius 1 is 1.48 bits per heavy atom. The number of ether oxygens (including phenoxy) is 2. The quantitative estimate of drug-likeness (QED) is 0.662. The summed E-state index contributed by atoms with van der Waals surface area (Å²) in [6, 6.07) is 5.14. The Balaban J connectivity index is 1.91. The molecule has 5 nitrogen and oxygen atoms in total. The zero-order chi connectivity index (χ0) is 15.2. The summed E-state index contributed by atoms with van der Waals surface area (Å²) in [6.45, 7) is 4.33. The van der Waals surface area contributed by atoms with E-state index in [1.54, 1.807) is 19.9 Å². The standard InChI is InChI=1S/C16H19NO4/c1-3-20-16(19)11(2)17-15(18)7-5-12-4-6-14-13(10-12)8-9-21-14/h4-7,10-11H,3,8-9H2,1-2H3,(H,17,18). The monoisotopic (exact) mass is 289 g/mol. The third kappa shape index (κ3) is 4.08. The summed E-state index contributed by atoms with van der Waals surface area (Å²) in [7, 11) is 0. The van der Waals surface area contributed by atoms with Crippen LogP contribution >= 0.6 is 0 Å². The fourth-order valence-corrected chi connectivity index (χ4v) is 2.07. The number of benzene rings is 1. The van der Waals surface area contributed by atoms with Crippen LogP contribution in [0, 0.1) is 0 Å². The predicted molar refractivity (Wildman–Crippen MR) is 78.9 cm³/mol. The summed E-state index contributed by atoms with van der Waals surface area (Å²) >= 11 is 0. The first-order chi connectivity index (χ1) is 10.1. The van der Waals surface area contributed by atoms with Gasteiger partial charge in [-0.25, -0.2) is 4.79 Å². The summed E-state index contributed by atoms with van der Waals surface area (Å²) in [5, 5.41) is 2.56. The number of esters is 1.